The minimum atomic E-state index is 0.845. The van der Waals surface area contributed by atoms with Crippen LogP contribution in [0.25, 0.3) is 0 Å². The number of aromatic nitrogens is 1. The number of nitrogens with one attached hydrogen (secondary N) is 1. The predicted octanol–water partition coefficient (Wildman–Crippen LogP) is 3.27. The summed E-state index contributed by atoms with van der Waals surface area (Å²) in [6, 6.07) is 4.03. The predicted molar refractivity (Wildman–Crippen MR) is 67.1 cm³/mol. The van der Waals surface area contributed by atoms with Gasteiger partial charge in [0, 0.05) is 9.75 Å². The number of thiazole rings is 1. The molecule has 3 nitrogen and oxygen atoms in total. The summed E-state index contributed by atoms with van der Waals surface area (Å²) in [6.45, 7) is 4.06. The van der Waals surface area contributed by atoms with E-state index in [4.69, 9.17) is 0 Å². The quantitative estimate of drug-likeness (QED) is 0.657. The molecule has 2 rings (SSSR count). The molecule has 2 aromatic rings. The van der Waals surface area contributed by atoms with Gasteiger partial charge in [-0.2, -0.15) is 5.10 Å². The molecule has 78 valence electrons. The number of hydrogen-bond acceptors (Lipinski definition) is 5. The number of hydrogen-bond donors (Lipinski definition) is 1. The lowest BCUT2D eigenvalue weighted by Gasteiger charge is -1.90. The normalized spacial score (nSPS) is 11.1. The summed E-state index contributed by atoms with van der Waals surface area (Å²) in [5.41, 5.74) is 3.99. The zero-order valence-corrected chi connectivity index (χ0v) is 10.2. The van der Waals surface area contributed by atoms with E-state index in [-0.39, 0.29) is 0 Å². The van der Waals surface area contributed by atoms with Gasteiger partial charge in [-0.3, -0.25) is 5.43 Å². The van der Waals surface area contributed by atoms with E-state index in [1.807, 2.05) is 24.4 Å². The van der Waals surface area contributed by atoms with E-state index < -0.39 is 0 Å². The van der Waals surface area contributed by atoms with Crippen molar-refractivity contribution in [2.24, 2.45) is 5.10 Å². The molecule has 0 aromatic carbocycles. The molecule has 2 aromatic heterocycles. The minimum Gasteiger partial charge on any atom is -0.253 e. The van der Waals surface area contributed by atoms with Crippen LogP contribution in [0, 0.1) is 13.8 Å². The van der Waals surface area contributed by atoms with Crippen LogP contribution in [0.5, 0.6) is 0 Å². The van der Waals surface area contributed by atoms with Crippen molar-refractivity contribution in [3.8, 4) is 0 Å². The fourth-order valence-electron chi connectivity index (χ4n) is 1.04. The van der Waals surface area contributed by atoms with Gasteiger partial charge in [-0.1, -0.05) is 6.07 Å². The fourth-order valence-corrected chi connectivity index (χ4v) is 2.39. The topological polar surface area (TPSA) is 37.3 Å². The van der Waals surface area contributed by atoms with Crippen LogP contribution >= 0.6 is 22.7 Å². The lowest BCUT2D eigenvalue weighted by atomic mass is 10.4. The number of aryl methyl sites for hydroxylation is 2. The number of thiophene rings is 1. The van der Waals surface area contributed by atoms with E-state index in [9.17, 15) is 0 Å². The minimum absolute atomic E-state index is 0.845. The Bertz CT molecular complexity index is 437. The Morgan fingerprint density at radius 1 is 1.47 bits per heavy atom. The van der Waals surface area contributed by atoms with Crippen molar-refractivity contribution in [3.63, 3.8) is 0 Å². The SMILES string of the molecule is Cc1nc(N/N=C\c2cccs2)sc1C. The smallest absolute Gasteiger partial charge is 0.203 e. The van der Waals surface area contributed by atoms with Gasteiger partial charge in [0.2, 0.25) is 5.13 Å². The molecular formula is C10H11N3S2. The lowest BCUT2D eigenvalue weighted by Crippen LogP contribution is -1.88. The van der Waals surface area contributed by atoms with Gasteiger partial charge in [0.1, 0.15) is 0 Å². The average molecular weight is 237 g/mol. The number of rotatable bonds is 3. The van der Waals surface area contributed by atoms with E-state index in [1.54, 1.807) is 28.9 Å². The fraction of sp³-hybridized carbons (Fsp3) is 0.200. The highest BCUT2D eigenvalue weighted by atomic mass is 32.1. The maximum absolute atomic E-state index is 4.33. The number of nitrogens with zero attached hydrogens (tertiary/aromatic N) is 2. The van der Waals surface area contributed by atoms with Gasteiger partial charge in [-0.25, -0.2) is 4.98 Å². The third-order valence-electron chi connectivity index (χ3n) is 1.92. The monoisotopic (exact) mass is 237 g/mol. The van der Waals surface area contributed by atoms with Gasteiger partial charge in [0.15, 0.2) is 0 Å². The maximum atomic E-state index is 4.33. The third-order valence-corrected chi connectivity index (χ3v) is 3.71. The average Bonchev–Trinajstić information content (AvgIpc) is 2.79. The van der Waals surface area contributed by atoms with Crippen LogP contribution in [0.3, 0.4) is 0 Å². The van der Waals surface area contributed by atoms with Crippen molar-refractivity contribution >= 4 is 34.0 Å². The Morgan fingerprint density at radius 3 is 2.93 bits per heavy atom. The molecule has 0 saturated heterocycles. The maximum Gasteiger partial charge on any atom is 0.203 e. The molecule has 0 aliphatic rings. The molecule has 0 fully saturated rings. The summed E-state index contributed by atoms with van der Waals surface area (Å²) in [4.78, 5) is 6.68. The number of hydrazone groups is 1. The molecule has 0 atom stereocenters. The molecule has 0 aliphatic heterocycles. The van der Waals surface area contributed by atoms with Gasteiger partial charge in [0.05, 0.1) is 11.9 Å². The highest BCUT2D eigenvalue weighted by Gasteiger charge is 2.00. The molecule has 0 aliphatic carbocycles. The first kappa shape index (κ1) is 10.3. The first-order chi connectivity index (χ1) is 7.25. The Labute approximate surface area is 96.5 Å². The third kappa shape index (κ3) is 2.64. The van der Waals surface area contributed by atoms with Crippen molar-refractivity contribution in [2.75, 3.05) is 5.43 Å². The van der Waals surface area contributed by atoms with Crippen LogP contribution < -0.4 is 5.43 Å². The molecule has 0 bridgehead atoms. The van der Waals surface area contributed by atoms with Gasteiger partial charge < -0.3 is 0 Å². The van der Waals surface area contributed by atoms with Crippen molar-refractivity contribution < 1.29 is 0 Å². The zero-order valence-electron chi connectivity index (χ0n) is 8.52. The van der Waals surface area contributed by atoms with E-state index >= 15 is 0 Å². The molecule has 1 N–H and O–H groups in total. The second kappa shape index (κ2) is 4.55. The lowest BCUT2D eigenvalue weighted by molar-refractivity contribution is 1.20. The molecule has 15 heavy (non-hydrogen) atoms. The first-order valence-corrected chi connectivity index (χ1v) is 6.22. The van der Waals surface area contributed by atoms with E-state index in [1.165, 1.54) is 4.88 Å². The van der Waals surface area contributed by atoms with Crippen molar-refractivity contribution in [1.82, 2.24) is 4.98 Å². The van der Waals surface area contributed by atoms with E-state index in [2.05, 4.69) is 22.4 Å². The summed E-state index contributed by atoms with van der Waals surface area (Å²) in [7, 11) is 0. The van der Waals surface area contributed by atoms with Crippen LogP contribution in [0.1, 0.15) is 15.4 Å². The van der Waals surface area contributed by atoms with Gasteiger partial charge in [-0.05, 0) is 25.3 Å². The van der Waals surface area contributed by atoms with Crippen LogP contribution in [0.4, 0.5) is 5.13 Å². The second-order valence-electron chi connectivity index (χ2n) is 3.05. The molecule has 0 spiro atoms. The van der Waals surface area contributed by atoms with Crippen LogP contribution in [-0.2, 0) is 0 Å². The summed E-state index contributed by atoms with van der Waals surface area (Å²) in [5, 5.41) is 6.99. The van der Waals surface area contributed by atoms with Crippen LogP contribution in [0.15, 0.2) is 22.6 Å². The van der Waals surface area contributed by atoms with Gasteiger partial charge in [-0.15, -0.1) is 22.7 Å². The highest BCUT2D eigenvalue weighted by molar-refractivity contribution is 7.15. The molecule has 0 unspecified atom stereocenters. The highest BCUT2D eigenvalue weighted by Crippen LogP contribution is 2.20. The Hall–Kier alpha value is -1.20. The second-order valence-corrected chi connectivity index (χ2v) is 5.23. The van der Waals surface area contributed by atoms with Crippen molar-refractivity contribution in [2.45, 2.75) is 13.8 Å². The first-order valence-electron chi connectivity index (χ1n) is 4.52. The summed E-state index contributed by atoms with van der Waals surface area (Å²) < 4.78 is 0. The molecule has 0 radical (unpaired) electrons. The largest absolute Gasteiger partial charge is 0.253 e. The van der Waals surface area contributed by atoms with Crippen LogP contribution in [-0.4, -0.2) is 11.2 Å². The molecular weight excluding hydrogens is 226 g/mol. The van der Waals surface area contributed by atoms with Crippen LogP contribution in [0.2, 0.25) is 0 Å². The summed E-state index contributed by atoms with van der Waals surface area (Å²) in [6.07, 6.45) is 1.80. The van der Waals surface area contributed by atoms with Crippen molar-refractivity contribution in [1.29, 1.82) is 0 Å². The summed E-state index contributed by atoms with van der Waals surface area (Å²) in [5.74, 6) is 0. The number of anilines is 1. The van der Waals surface area contributed by atoms with Gasteiger partial charge >= 0.3 is 0 Å². The Kier molecular flexibility index (Phi) is 3.13. The van der Waals surface area contributed by atoms with E-state index in [0.29, 0.717) is 0 Å². The molecule has 2 heterocycles. The Balaban J connectivity index is 1.99. The molecule has 0 saturated carbocycles. The van der Waals surface area contributed by atoms with Gasteiger partial charge in [0.25, 0.3) is 0 Å². The standard InChI is InChI=1S/C10H11N3S2/c1-7-8(2)15-10(12-7)13-11-6-9-4-3-5-14-9/h3-6H,1-2H3,(H,12,13)/b11-6-. The molecule has 5 heteroatoms. The van der Waals surface area contributed by atoms with Crippen molar-refractivity contribution in [3.05, 3.63) is 33.0 Å². The summed E-state index contributed by atoms with van der Waals surface area (Å²) >= 11 is 3.28. The van der Waals surface area contributed by atoms with E-state index in [0.717, 1.165) is 15.7 Å². The Morgan fingerprint density at radius 2 is 2.33 bits per heavy atom. The molecule has 0 amide bonds. The zero-order chi connectivity index (χ0) is 10.7.